The summed E-state index contributed by atoms with van der Waals surface area (Å²) in [5.41, 5.74) is 0.710. The Bertz CT molecular complexity index is 621. The lowest BCUT2D eigenvalue weighted by Crippen LogP contribution is -3.11. The van der Waals surface area contributed by atoms with Crippen molar-refractivity contribution in [2.75, 3.05) is 19.6 Å². The molecule has 1 aromatic heterocycles. The van der Waals surface area contributed by atoms with Crippen molar-refractivity contribution in [3.63, 3.8) is 0 Å². The molecule has 4 nitrogen and oxygen atoms in total. The van der Waals surface area contributed by atoms with Gasteiger partial charge in [0.1, 0.15) is 0 Å². The van der Waals surface area contributed by atoms with E-state index in [2.05, 4.69) is 27.9 Å². The predicted molar refractivity (Wildman–Crippen MR) is 92.9 cm³/mol. The molecule has 1 aliphatic rings. The molecule has 1 atom stereocenters. The van der Waals surface area contributed by atoms with Gasteiger partial charge in [0.05, 0.1) is 25.9 Å². The number of carbonyl (C=O) groups excluding carboxylic acids is 1. The molecule has 0 saturated carbocycles. The van der Waals surface area contributed by atoms with Crippen molar-refractivity contribution < 1.29 is 14.1 Å². The number of nitrogens with one attached hydrogen (secondary N) is 2. The first-order valence-corrected chi connectivity index (χ1v) is 8.73. The number of quaternary nitrogens is 1. The van der Waals surface area contributed by atoms with Crippen molar-refractivity contribution >= 4 is 28.5 Å². The van der Waals surface area contributed by atoms with Crippen LogP contribution < -0.4 is 10.2 Å². The molecule has 1 aromatic carbocycles. The van der Waals surface area contributed by atoms with Crippen LogP contribution in [0.3, 0.4) is 0 Å². The monoisotopic (exact) mass is 411 g/mol. The Morgan fingerprint density at radius 3 is 2.77 bits per heavy atom. The molecule has 0 unspecified atom stereocenters. The number of rotatable bonds is 5. The van der Waals surface area contributed by atoms with Crippen LogP contribution in [0.1, 0.15) is 35.0 Å². The van der Waals surface area contributed by atoms with Gasteiger partial charge in [-0.15, -0.1) is 0 Å². The van der Waals surface area contributed by atoms with E-state index in [9.17, 15) is 4.79 Å². The van der Waals surface area contributed by atoms with Crippen molar-refractivity contribution in [3.8, 4) is 0 Å². The lowest BCUT2D eigenvalue weighted by atomic mass is 10.1. The molecule has 1 saturated heterocycles. The molecule has 2 heterocycles. The molecule has 1 aliphatic heterocycles. The summed E-state index contributed by atoms with van der Waals surface area (Å²) in [5.74, 6) is 0.938. The topological polar surface area (TPSA) is 46.7 Å². The average Bonchev–Trinajstić information content (AvgIpc) is 3.21. The van der Waals surface area contributed by atoms with E-state index in [0.717, 1.165) is 22.4 Å². The maximum absolute atomic E-state index is 12.3. The standard InChI is InChI=1S/C17H19IN2O2/c18-14-6-3-5-13(11-14)17(21)19-12-15(16-7-4-10-22-16)20-8-1-2-9-20/h3-7,10-11,15H,1-2,8-9,12H2,(H,19,21)/p+1/t15-/m1/s1. The van der Waals surface area contributed by atoms with E-state index in [-0.39, 0.29) is 11.9 Å². The highest BCUT2D eigenvalue weighted by atomic mass is 127. The van der Waals surface area contributed by atoms with Crippen LogP contribution in [0.2, 0.25) is 0 Å². The van der Waals surface area contributed by atoms with Gasteiger partial charge in [-0.1, -0.05) is 6.07 Å². The first kappa shape index (κ1) is 15.6. The Labute approximate surface area is 144 Å². The molecular weight excluding hydrogens is 391 g/mol. The first-order valence-electron chi connectivity index (χ1n) is 7.66. The summed E-state index contributed by atoms with van der Waals surface area (Å²) in [6.07, 6.45) is 4.20. The van der Waals surface area contributed by atoms with Crippen molar-refractivity contribution in [1.29, 1.82) is 0 Å². The van der Waals surface area contributed by atoms with E-state index in [1.165, 1.54) is 17.7 Å². The van der Waals surface area contributed by atoms with Crippen LogP contribution in [0.5, 0.6) is 0 Å². The molecule has 0 aliphatic carbocycles. The fourth-order valence-electron chi connectivity index (χ4n) is 3.04. The Morgan fingerprint density at radius 2 is 2.09 bits per heavy atom. The molecule has 0 bridgehead atoms. The molecule has 3 rings (SSSR count). The number of amides is 1. The zero-order valence-corrected chi connectivity index (χ0v) is 14.5. The largest absolute Gasteiger partial charge is 0.463 e. The fourth-order valence-corrected chi connectivity index (χ4v) is 3.58. The summed E-state index contributed by atoms with van der Waals surface area (Å²) < 4.78 is 6.66. The van der Waals surface area contributed by atoms with Gasteiger partial charge < -0.3 is 14.6 Å². The molecule has 2 N–H and O–H groups in total. The Balaban J connectivity index is 1.67. The maximum Gasteiger partial charge on any atom is 0.251 e. The molecule has 0 radical (unpaired) electrons. The first-order chi connectivity index (χ1) is 10.7. The summed E-state index contributed by atoms with van der Waals surface area (Å²) in [7, 11) is 0. The van der Waals surface area contributed by atoms with Crippen molar-refractivity contribution in [2.45, 2.75) is 18.9 Å². The van der Waals surface area contributed by atoms with Crippen molar-refractivity contribution in [2.24, 2.45) is 0 Å². The number of benzene rings is 1. The van der Waals surface area contributed by atoms with Crippen LogP contribution in [-0.4, -0.2) is 25.5 Å². The zero-order chi connectivity index (χ0) is 15.4. The number of hydrogen-bond acceptors (Lipinski definition) is 2. The van der Waals surface area contributed by atoms with E-state index in [4.69, 9.17) is 4.42 Å². The molecule has 1 amide bonds. The minimum atomic E-state index is -0.0198. The maximum atomic E-state index is 12.3. The highest BCUT2D eigenvalue weighted by Crippen LogP contribution is 2.12. The number of furan rings is 1. The predicted octanol–water partition coefficient (Wildman–Crippen LogP) is 2.03. The van der Waals surface area contributed by atoms with Gasteiger partial charge in [0.15, 0.2) is 11.8 Å². The number of likely N-dealkylation sites (tertiary alicyclic amines) is 1. The van der Waals surface area contributed by atoms with Gasteiger partial charge in [0.2, 0.25) is 0 Å². The van der Waals surface area contributed by atoms with Crippen molar-refractivity contribution in [1.82, 2.24) is 5.32 Å². The summed E-state index contributed by atoms with van der Waals surface area (Å²) >= 11 is 2.22. The summed E-state index contributed by atoms with van der Waals surface area (Å²) in [6, 6.07) is 11.8. The zero-order valence-electron chi connectivity index (χ0n) is 12.3. The van der Waals surface area contributed by atoms with E-state index in [1.54, 1.807) is 6.26 Å². The van der Waals surface area contributed by atoms with Gasteiger partial charge in [-0.25, -0.2) is 0 Å². The Kier molecular flexibility index (Phi) is 5.15. The number of carbonyl (C=O) groups is 1. The van der Waals surface area contributed by atoms with Gasteiger partial charge in [-0.2, -0.15) is 0 Å². The Hall–Kier alpha value is -1.34. The quantitative estimate of drug-likeness (QED) is 0.740. The second kappa shape index (κ2) is 7.28. The van der Waals surface area contributed by atoms with Gasteiger partial charge in [-0.3, -0.25) is 4.79 Å². The third kappa shape index (κ3) is 3.70. The lowest BCUT2D eigenvalue weighted by Gasteiger charge is -2.23. The lowest BCUT2D eigenvalue weighted by molar-refractivity contribution is -0.919. The second-order valence-electron chi connectivity index (χ2n) is 5.65. The molecule has 5 heteroatoms. The van der Waals surface area contributed by atoms with Crippen LogP contribution in [0.25, 0.3) is 0 Å². The number of hydrogen-bond donors (Lipinski definition) is 2. The summed E-state index contributed by atoms with van der Waals surface area (Å²) in [4.78, 5) is 13.8. The van der Waals surface area contributed by atoms with Gasteiger partial charge in [0, 0.05) is 22.0 Å². The number of halogens is 1. The van der Waals surface area contributed by atoms with Crippen LogP contribution in [0.15, 0.2) is 47.1 Å². The summed E-state index contributed by atoms with van der Waals surface area (Å²) in [6.45, 7) is 2.89. The highest BCUT2D eigenvalue weighted by molar-refractivity contribution is 14.1. The molecule has 2 aromatic rings. The van der Waals surface area contributed by atoms with E-state index >= 15 is 0 Å². The smallest absolute Gasteiger partial charge is 0.251 e. The molecule has 1 fully saturated rings. The third-order valence-electron chi connectivity index (χ3n) is 4.18. The van der Waals surface area contributed by atoms with Crippen LogP contribution in [0.4, 0.5) is 0 Å². The van der Waals surface area contributed by atoms with Crippen LogP contribution in [0, 0.1) is 3.57 Å². The molecule has 0 spiro atoms. The SMILES string of the molecule is O=C(NC[C@H](c1ccco1)[NH+]1CCCC1)c1cccc(I)c1. The van der Waals surface area contributed by atoms with Gasteiger partial charge in [0.25, 0.3) is 5.91 Å². The molecule has 22 heavy (non-hydrogen) atoms. The minimum Gasteiger partial charge on any atom is -0.463 e. The van der Waals surface area contributed by atoms with E-state index < -0.39 is 0 Å². The van der Waals surface area contributed by atoms with Gasteiger partial charge in [-0.05, 0) is 52.9 Å². The Morgan fingerprint density at radius 1 is 1.27 bits per heavy atom. The second-order valence-corrected chi connectivity index (χ2v) is 6.90. The highest BCUT2D eigenvalue weighted by Gasteiger charge is 2.29. The van der Waals surface area contributed by atoms with Gasteiger partial charge >= 0.3 is 0 Å². The van der Waals surface area contributed by atoms with E-state index in [1.807, 2.05) is 36.4 Å². The fraction of sp³-hybridized carbons (Fsp3) is 0.353. The van der Waals surface area contributed by atoms with Crippen LogP contribution in [-0.2, 0) is 0 Å². The normalized spacial score (nSPS) is 16.6. The minimum absolute atomic E-state index is 0.0198. The third-order valence-corrected chi connectivity index (χ3v) is 4.85. The average molecular weight is 411 g/mol. The summed E-state index contributed by atoms with van der Waals surface area (Å²) in [5, 5.41) is 3.07. The molecule has 116 valence electrons. The molecular formula is C17H20IN2O2+. The van der Waals surface area contributed by atoms with Crippen molar-refractivity contribution in [3.05, 3.63) is 57.6 Å². The van der Waals surface area contributed by atoms with Crippen LogP contribution >= 0.6 is 22.6 Å². The van der Waals surface area contributed by atoms with E-state index in [0.29, 0.717) is 12.1 Å².